The highest BCUT2D eigenvalue weighted by molar-refractivity contribution is 5.66. The summed E-state index contributed by atoms with van der Waals surface area (Å²) >= 11 is 0. The third-order valence-corrected chi connectivity index (χ3v) is 8.95. The number of carbonyl (C=O) groups excluding carboxylic acids is 1. The van der Waals surface area contributed by atoms with Crippen molar-refractivity contribution < 1.29 is 14.6 Å². The number of hydrogen-bond acceptors (Lipinski definition) is 5. The van der Waals surface area contributed by atoms with Gasteiger partial charge in [-0.1, -0.05) is 32.1 Å². The Kier molecular flexibility index (Phi) is 7.44. The van der Waals surface area contributed by atoms with Crippen LogP contribution in [-0.4, -0.2) is 60.4 Å². The van der Waals surface area contributed by atoms with E-state index in [0.717, 1.165) is 51.1 Å². The highest BCUT2D eigenvalue weighted by Crippen LogP contribution is 2.51. The van der Waals surface area contributed by atoms with Crippen molar-refractivity contribution >= 4 is 11.7 Å². The van der Waals surface area contributed by atoms with Crippen LogP contribution in [0.2, 0.25) is 0 Å². The predicted octanol–water partition coefficient (Wildman–Crippen LogP) is 4.74. The maximum atomic E-state index is 11.8. The van der Waals surface area contributed by atoms with Gasteiger partial charge in [0.05, 0.1) is 5.60 Å². The molecule has 1 aliphatic heterocycles. The smallest absolute Gasteiger partial charge is 0.303 e. The lowest BCUT2D eigenvalue weighted by Gasteiger charge is -2.53. The van der Waals surface area contributed by atoms with Gasteiger partial charge in [0.15, 0.2) is 0 Å². The highest BCUT2D eigenvalue weighted by atomic mass is 16.5. The summed E-state index contributed by atoms with van der Waals surface area (Å²) in [6.45, 7) is 17.8. The largest absolute Gasteiger partial charge is 0.458 e. The zero-order valence-corrected chi connectivity index (χ0v) is 22.0. The zero-order valence-electron chi connectivity index (χ0n) is 22.0. The Morgan fingerprint density at radius 2 is 1.88 bits per heavy atom. The lowest BCUT2D eigenvalue weighted by atomic mass is 9.57. The number of piperazine rings is 1. The van der Waals surface area contributed by atoms with Crippen molar-refractivity contribution in [1.29, 1.82) is 0 Å². The molecule has 188 valence electrons. The number of benzene rings is 1. The summed E-state index contributed by atoms with van der Waals surface area (Å²) in [5.41, 5.74) is 4.36. The van der Waals surface area contributed by atoms with Gasteiger partial charge in [-0.15, -0.1) is 0 Å². The van der Waals surface area contributed by atoms with E-state index in [2.05, 4.69) is 68.7 Å². The second-order valence-corrected chi connectivity index (χ2v) is 11.4. The average Bonchev–Trinajstić information content (AvgIpc) is 2.78. The first-order chi connectivity index (χ1) is 16.1. The summed E-state index contributed by atoms with van der Waals surface area (Å²) in [7, 11) is 0. The molecule has 5 nitrogen and oxygen atoms in total. The molecule has 1 N–H and O–H groups in total. The molecule has 34 heavy (non-hydrogen) atoms. The van der Waals surface area contributed by atoms with E-state index in [-0.39, 0.29) is 23.9 Å². The average molecular weight is 469 g/mol. The number of anilines is 1. The summed E-state index contributed by atoms with van der Waals surface area (Å²) in [5, 5.41) is 11.8. The minimum absolute atomic E-state index is 0.134. The molecule has 1 aromatic carbocycles. The fourth-order valence-corrected chi connectivity index (χ4v) is 6.77. The molecule has 2 aliphatic carbocycles. The monoisotopic (exact) mass is 468 g/mol. The summed E-state index contributed by atoms with van der Waals surface area (Å²) in [5.74, 6) is 1.03. The van der Waals surface area contributed by atoms with Crippen LogP contribution in [0, 0.1) is 37.5 Å². The van der Waals surface area contributed by atoms with Crippen LogP contribution in [0.15, 0.2) is 29.8 Å². The molecule has 0 spiro atoms. The molecule has 0 unspecified atom stereocenters. The van der Waals surface area contributed by atoms with Crippen LogP contribution in [0.25, 0.3) is 0 Å². The molecule has 0 radical (unpaired) electrons. The SMILES string of the molecule is CC(=O)O[C@@H]1C[C@@]2(O)[C@H](C)CC[C@@H]([C@H](C)CN3CCN(c4cc(C)ccc4C)CC3)[C@H]2C=C1C. The summed E-state index contributed by atoms with van der Waals surface area (Å²) in [6.07, 6.45) is 4.65. The maximum Gasteiger partial charge on any atom is 0.303 e. The van der Waals surface area contributed by atoms with Gasteiger partial charge in [-0.25, -0.2) is 0 Å². The van der Waals surface area contributed by atoms with Crippen molar-refractivity contribution in [3.05, 3.63) is 41.0 Å². The molecular weight excluding hydrogens is 424 g/mol. The zero-order chi connectivity index (χ0) is 24.6. The number of nitrogens with zero attached hydrogens (tertiary/aromatic N) is 2. The molecule has 4 rings (SSSR count). The van der Waals surface area contributed by atoms with E-state index >= 15 is 0 Å². The summed E-state index contributed by atoms with van der Waals surface area (Å²) < 4.78 is 5.57. The number of aryl methyl sites for hydroxylation is 2. The van der Waals surface area contributed by atoms with Crippen LogP contribution in [0.4, 0.5) is 5.69 Å². The normalized spacial score (nSPS) is 33.1. The van der Waals surface area contributed by atoms with Crippen molar-refractivity contribution in [2.24, 2.45) is 23.7 Å². The van der Waals surface area contributed by atoms with Gasteiger partial charge in [0.1, 0.15) is 6.10 Å². The van der Waals surface area contributed by atoms with Gasteiger partial charge in [0.25, 0.3) is 0 Å². The molecule has 1 aromatic rings. The van der Waals surface area contributed by atoms with Crippen LogP contribution in [0.1, 0.15) is 58.1 Å². The molecule has 1 saturated heterocycles. The molecule has 1 saturated carbocycles. The number of esters is 1. The molecule has 3 aliphatic rings. The molecule has 2 fully saturated rings. The molecule has 0 amide bonds. The molecule has 0 bridgehead atoms. The number of ether oxygens (including phenoxy) is 1. The molecule has 1 heterocycles. The van der Waals surface area contributed by atoms with Crippen LogP contribution < -0.4 is 4.90 Å². The Labute approximate surface area is 206 Å². The quantitative estimate of drug-likeness (QED) is 0.500. The number of aliphatic hydroxyl groups is 1. The number of carbonyl (C=O) groups is 1. The van der Waals surface area contributed by atoms with Crippen molar-refractivity contribution in [2.75, 3.05) is 37.6 Å². The Morgan fingerprint density at radius 3 is 2.56 bits per heavy atom. The first-order valence-electron chi connectivity index (χ1n) is 13.2. The molecule has 6 atom stereocenters. The van der Waals surface area contributed by atoms with Gasteiger partial charge in [-0.2, -0.15) is 0 Å². The standard InChI is InChI=1S/C29H44N2O3/c1-19-7-8-20(2)27(15-19)31-13-11-30(12-14-31)18-22(4)25-10-9-23(5)29(33)17-28(34-24(6)32)21(3)16-26(25)29/h7-8,15-16,22-23,25-26,28,33H,9-14,17-18H2,1-6H3/t22-,23-,25+,26-,28-,29-/m1/s1. The van der Waals surface area contributed by atoms with Gasteiger partial charge in [-0.3, -0.25) is 9.69 Å². The van der Waals surface area contributed by atoms with Crippen molar-refractivity contribution in [3.8, 4) is 0 Å². The second kappa shape index (κ2) is 10.0. The van der Waals surface area contributed by atoms with E-state index in [1.54, 1.807) is 0 Å². The fraction of sp³-hybridized carbons (Fsp3) is 0.690. The Bertz CT molecular complexity index is 920. The first kappa shape index (κ1) is 25.2. The highest BCUT2D eigenvalue weighted by Gasteiger charge is 2.52. The van der Waals surface area contributed by atoms with E-state index in [1.807, 2.05) is 0 Å². The van der Waals surface area contributed by atoms with E-state index < -0.39 is 5.60 Å². The lowest BCUT2D eigenvalue weighted by Crippen LogP contribution is -2.56. The van der Waals surface area contributed by atoms with Gasteiger partial charge in [0.2, 0.25) is 0 Å². The van der Waals surface area contributed by atoms with E-state index in [0.29, 0.717) is 18.3 Å². The van der Waals surface area contributed by atoms with Gasteiger partial charge in [-0.05, 0) is 74.1 Å². The number of hydrogen-bond donors (Lipinski definition) is 1. The van der Waals surface area contributed by atoms with E-state index in [1.165, 1.54) is 23.7 Å². The van der Waals surface area contributed by atoms with Gasteiger partial charge < -0.3 is 14.7 Å². The lowest BCUT2D eigenvalue weighted by molar-refractivity contribution is -0.159. The van der Waals surface area contributed by atoms with Crippen LogP contribution >= 0.6 is 0 Å². The maximum absolute atomic E-state index is 11.8. The first-order valence-corrected chi connectivity index (χ1v) is 13.2. The third-order valence-electron chi connectivity index (χ3n) is 8.95. The minimum Gasteiger partial charge on any atom is -0.458 e. The van der Waals surface area contributed by atoms with Crippen molar-refractivity contribution in [2.45, 2.75) is 72.5 Å². The Morgan fingerprint density at radius 1 is 1.18 bits per heavy atom. The van der Waals surface area contributed by atoms with Crippen molar-refractivity contribution in [1.82, 2.24) is 4.90 Å². The Hall–Kier alpha value is -1.85. The molecule has 0 aromatic heterocycles. The van der Waals surface area contributed by atoms with E-state index in [9.17, 15) is 9.90 Å². The number of rotatable bonds is 5. The second-order valence-electron chi connectivity index (χ2n) is 11.4. The summed E-state index contributed by atoms with van der Waals surface area (Å²) in [6, 6.07) is 6.74. The third kappa shape index (κ3) is 5.06. The topological polar surface area (TPSA) is 53.0 Å². The van der Waals surface area contributed by atoms with Crippen molar-refractivity contribution in [3.63, 3.8) is 0 Å². The molecule has 5 heteroatoms. The summed E-state index contributed by atoms with van der Waals surface area (Å²) in [4.78, 5) is 16.8. The minimum atomic E-state index is -0.793. The fourth-order valence-electron chi connectivity index (χ4n) is 6.77. The van der Waals surface area contributed by atoms with Gasteiger partial charge in [0, 0.05) is 57.7 Å². The van der Waals surface area contributed by atoms with E-state index in [4.69, 9.17) is 4.74 Å². The van der Waals surface area contributed by atoms with Gasteiger partial charge >= 0.3 is 5.97 Å². The van der Waals surface area contributed by atoms with Crippen LogP contribution in [0.5, 0.6) is 0 Å². The predicted molar refractivity (Wildman–Crippen MR) is 138 cm³/mol. The molecular formula is C29H44N2O3. The van der Waals surface area contributed by atoms with Crippen LogP contribution in [0.3, 0.4) is 0 Å². The van der Waals surface area contributed by atoms with Crippen LogP contribution in [-0.2, 0) is 9.53 Å². The number of fused-ring (bicyclic) bond motifs is 1. The Balaban J connectivity index is 1.41.